The summed E-state index contributed by atoms with van der Waals surface area (Å²) in [6, 6.07) is 9.55. The third kappa shape index (κ3) is 7.04. The smallest absolute Gasteiger partial charge is 0.326 e. The molecule has 0 bridgehead atoms. The van der Waals surface area contributed by atoms with Crippen LogP contribution in [0.5, 0.6) is 0 Å². The molecule has 0 amide bonds. The zero-order valence-corrected chi connectivity index (χ0v) is 15.0. The lowest BCUT2D eigenvalue weighted by Crippen LogP contribution is -2.32. The van der Waals surface area contributed by atoms with Crippen molar-refractivity contribution in [2.45, 2.75) is 57.8 Å². The molecule has 0 fully saturated rings. The molecule has 0 saturated heterocycles. The van der Waals surface area contributed by atoms with E-state index in [1.165, 1.54) is 0 Å². The molecule has 0 aliphatic heterocycles. The van der Waals surface area contributed by atoms with E-state index in [2.05, 4.69) is 6.92 Å². The highest BCUT2D eigenvalue weighted by molar-refractivity contribution is 8.15. The highest BCUT2D eigenvalue weighted by Gasteiger charge is 2.35. The molecular weight excluding hydrogens is 308 g/mol. The summed E-state index contributed by atoms with van der Waals surface area (Å²) in [6.07, 6.45) is 7.25. The van der Waals surface area contributed by atoms with E-state index >= 15 is 0 Å². The molecule has 1 aromatic rings. The van der Waals surface area contributed by atoms with Gasteiger partial charge in [0.1, 0.15) is 11.4 Å². The van der Waals surface area contributed by atoms with Gasteiger partial charge in [0.25, 0.3) is 0 Å². The minimum atomic E-state index is -0.963. The molecule has 0 aromatic heterocycles. The van der Waals surface area contributed by atoms with Crippen molar-refractivity contribution in [3.05, 3.63) is 48.0 Å². The van der Waals surface area contributed by atoms with Gasteiger partial charge in [0, 0.05) is 6.42 Å². The minimum Gasteiger partial charge on any atom is -0.460 e. The average molecular weight is 334 g/mol. The predicted molar refractivity (Wildman–Crippen MR) is 96.2 cm³/mol. The second-order valence-electron chi connectivity index (χ2n) is 5.54. The largest absolute Gasteiger partial charge is 0.460 e. The number of hydrogen-bond acceptors (Lipinski definition) is 4. The Labute approximate surface area is 143 Å². The molecule has 0 unspecified atom stereocenters. The first-order valence-corrected chi connectivity index (χ1v) is 8.94. The Morgan fingerprint density at radius 1 is 1.22 bits per heavy atom. The summed E-state index contributed by atoms with van der Waals surface area (Å²) in [4.78, 5) is 24.3. The van der Waals surface area contributed by atoms with Gasteiger partial charge < -0.3 is 4.74 Å². The van der Waals surface area contributed by atoms with Gasteiger partial charge >= 0.3 is 5.97 Å². The Balaban J connectivity index is 2.74. The highest BCUT2D eigenvalue weighted by Crippen LogP contribution is 2.30. The maximum atomic E-state index is 12.5. The summed E-state index contributed by atoms with van der Waals surface area (Å²) in [5.74, 6) is -0.374. The number of carbonyl (C=O) groups excluding carboxylic acids is 2. The zero-order valence-electron chi connectivity index (χ0n) is 14.2. The van der Waals surface area contributed by atoms with Crippen molar-refractivity contribution in [3.63, 3.8) is 0 Å². The van der Waals surface area contributed by atoms with Crippen LogP contribution in [0.4, 0.5) is 0 Å². The van der Waals surface area contributed by atoms with Crippen LogP contribution in [0.1, 0.15) is 52.0 Å². The first-order chi connectivity index (χ1) is 11.0. The summed E-state index contributed by atoms with van der Waals surface area (Å²) in [6.45, 7) is 5.89. The van der Waals surface area contributed by atoms with Gasteiger partial charge in [-0.05, 0) is 18.9 Å². The van der Waals surface area contributed by atoms with Gasteiger partial charge in [-0.2, -0.15) is 0 Å². The molecule has 4 heteroatoms. The number of esters is 1. The topological polar surface area (TPSA) is 43.4 Å². The predicted octanol–water partition coefficient (Wildman–Crippen LogP) is 4.90. The molecule has 1 aromatic carbocycles. The van der Waals surface area contributed by atoms with Crippen LogP contribution in [-0.2, 0) is 20.9 Å². The molecule has 1 atom stereocenters. The fourth-order valence-electron chi connectivity index (χ4n) is 1.95. The maximum absolute atomic E-state index is 12.5. The van der Waals surface area contributed by atoms with Crippen molar-refractivity contribution >= 4 is 22.8 Å². The van der Waals surface area contributed by atoms with Crippen LogP contribution in [0.2, 0.25) is 0 Å². The Morgan fingerprint density at radius 2 is 1.91 bits per heavy atom. The Kier molecular flexibility index (Phi) is 8.70. The number of rotatable bonds is 9. The fourth-order valence-corrected chi connectivity index (χ4v) is 2.87. The van der Waals surface area contributed by atoms with Crippen molar-refractivity contribution in [2.24, 2.45) is 0 Å². The van der Waals surface area contributed by atoms with Gasteiger partial charge in [-0.1, -0.05) is 80.9 Å². The van der Waals surface area contributed by atoms with E-state index in [4.69, 9.17) is 4.74 Å². The van der Waals surface area contributed by atoms with Crippen molar-refractivity contribution in [1.29, 1.82) is 0 Å². The standard InChI is InChI=1S/C19H26O3S/c1-4-6-7-11-14-19(3,23-17(20)5-2)18(21)22-15-16-12-9-8-10-13-16/h8-14H,4-7,15H2,1-3H3/b14-11+/t19-/m1/s1. The lowest BCUT2D eigenvalue weighted by atomic mass is 10.1. The molecule has 3 nitrogen and oxygen atoms in total. The lowest BCUT2D eigenvalue weighted by Gasteiger charge is -2.22. The van der Waals surface area contributed by atoms with Crippen LogP contribution in [0.25, 0.3) is 0 Å². The van der Waals surface area contributed by atoms with E-state index < -0.39 is 4.75 Å². The molecule has 23 heavy (non-hydrogen) atoms. The quantitative estimate of drug-likeness (QED) is 0.366. The molecular formula is C19H26O3S. The van der Waals surface area contributed by atoms with Gasteiger partial charge in [0.15, 0.2) is 5.12 Å². The molecule has 0 spiro atoms. The summed E-state index contributed by atoms with van der Waals surface area (Å²) < 4.78 is 4.47. The molecule has 0 N–H and O–H groups in total. The number of benzene rings is 1. The van der Waals surface area contributed by atoms with Crippen LogP contribution in [0.3, 0.4) is 0 Å². The first kappa shape index (κ1) is 19.5. The van der Waals surface area contributed by atoms with E-state index in [1.807, 2.05) is 42.5 Å². The zero-order chi connectivity index (χ0) is 17.1. The highest BCUT2D eigenvalue weighted by atomic mass is 32.2. The molecule has 0 aliphatic rings. The maximum Gasteiger partial charge on any atom is 0.326 e. The molecule has 1 rings (SSSR count). The monoisotopic (exact) mass is 334 g/mol. The van der Waals surface area contributed by atoms with Crippen molar-refractivity contribution in [3.8, 4) is 0 Å². The van der Waals surface area contributed by atoms with Gasteiger partial charge in [-0.3, -0.25) is 9.59 Å². The number of allylic oxidation sites excluding steroid dienone is 1. The summed E-state index contributed by atoms with van der Waals surface area (Å²) in [7, 11) is 0. The van der Waals surface area contributed by atoms with Crippen molar-refractivity contribution in [2.75, 3.05) is 0 Å². The van der Waals surface area contributed by atoms with Crippen LogP contribution in [-0.4, -0.2) is 15.8 Å². The summed E-state index contributed by atoms with van der Waals surface area (Å²) >= 11 is 1.05. The minimum absolute atomic E-state index is 0.00990. The third-order valence-electron chi connectivity index (χ3n) is 3.39. The molecule has 0 aliphatic carbocycles. The van der Waals surface area contributed by atoms with Gasteiger partial charge in [-0.15, -0.1) is 0 Å². The Bertz CT molecular complexity index is 525. The second-order valence-corrected chi connectivity index (χ2v) is 7.05. The van der Waals surface area contributed by atoms with Gasteiger partial charge in [0.05, 0.1) is 0 Å². The lowest BCUT2D eigenvalue weighted by molar-refractivity contribution is -0.146. The van der Waals surface area contributed by atoms with Crippen molar-refractivity contribution in [1.82, 2.24) is 0 Å². The number of hydrogen-bond donors (Lipinski definition) is 0. The molecule has 0 radical (unpaired) electrons. The SMILES string of the molecule is CCCC/C=C/[C@@](C)(SC(=O)CC)C(=O)OCc1ccccc1. The number of thioether (sulfide) groups is 1. The number of carbonyl (C=O) groups is 2. The number of unbranched alkanes of at least 4 members (excludes halogenated alkanes) is 2. The van der Waals surface area contributed by atoms with Crippen LogP contribution in [0.15, 0.2) is 42.5 Å². The van der Waals surface area contributed by atoms with Crippen LogP contribution < -0.4 is 0 Å². The van der Waals surface area contributed by atoms with Crippen LogP contribution >= 0.6 is 11.8 Å². The van der Waals surface area contributed by atoms with E-state index in [-0.39, 0.29) is 17.7 Å². The summed E-state index contributed by atoms with van der Waals surface area (Å²) in [5.41, 5.74) is 0.935. The second kappa shape index (κ2) is 10.3. The average Bonchev–Trinajstić information content (AvgIpc) is 2.57. The normalized spacial score (nSPS) is 13.7. The van der Waals surface area contributed by atoms with Crippen molar-refractivity contribution < 1.29 is 14.3 Å². The van der Waals surface area contributed by atoms with E-state index in [9.17, 15) is 9.59 Å². The molecule has 0 heterocycles. The van der Waals surface area contributed by atoms with E-state index in [0.29, 0.717) is 6.42 Å². The summed E-state index contributed by atoms with van der Waals surface area (Å²) in [5, 5.41) is -0.00990. The molecule has 0 saturated carbocycles. The fraction of sp³-hybridized carbons (Fsp3) is 0.474. The van der Waals surface area contributed by atoms with E-state index in [0.717, 1.165) is 36.6 Å². The first-order valence-electron chi connectivity index (χ1n) is 8.12. The third-order valence-corrected chi connectivity index (χ3v) is 4.64. The number of ether oxygens (including phenoxy) is 1. The Morgan fingerprint density at radius 3 is 2.52 bits per heavy atom. The molecule has 126 valence electrons. The van der Waals surface area contributed by atoms with Crippen LogP contribution in [0, 0.1) is 0 Å². The van der Waals surface area contributed by atoms with Gasteiger partial charge in [0.2, 0.25) is 0 Å². The Hall–Kier alpha value is -1.55. The van der Waals surface area contributed by atoms with Gasteiger partial charge in [-0.25, -0.2) is 0 Å². The van der Waals surface area contributed by atoms with E-state index in [1.54, 1.807) is 13.8 Å².